The van der Waals surface area contributed by atoms with Gasteiger partial charge in [-0.25, -0.2) is 0 Å². The van der Waals surface area contributed by atoms with Crippen molar-refractivity contribution in [2.75, 3.05) is 20.1 Å². The zero-order valence-corrected chi connectivity index (χ0v) is 9.81. The summed E-state index contributed by atoms with van der Waals surface area (Å²) in [5.41, 5.74) is 1.07. The van der Waals surface area contributed by atoms with E-state index in [1.54, 1.807) is 15.8 Å². The van der Waals surface area contributed by atoms with E-state index in [1.807, 2.05) is 20.3 Å². The Bertz CT molecular complexity index is 370. The molecule has 0 radical (unpaired) electrons. The highest BCUT2D eigenvalue weighted by Gasteiger charge is 2.22. The van der Waals surface area contributed by atoms with Gasteiger partial charge >= 0.3 is 0 Å². The molecular weight excluding hydrogens is 204 g/mol. The number of aromatic nitrogens is 2. The molecule has 1 aromatic rings. The predicted octanol–water partition coefficient (Wildman–Crippen LogP) is -0.0120. The third-order valence-corrected chi connectivity index (χ3v) is 2.93. The Hall–Kier alpha value is -1.36. The minimum Gasteiger partial charge on any atom is -0.341 e. The highest BCUT2D eigenvalue weighted by atomic mass is 16.2. The van der Waals surface area contributed by atoms with Gasteiger partial charge in [0.15, 0.2) is 0 Å². The van der Waals surface area contributed by atoms with Crippen molar-refractivity contribution in [1.29, 1.82) is 0 Å². The lowest BCUT2D eigenvalue weighted by Gasteiger charge is -2.28. The molecule has 2 heterocycles. The first-order valence-corrected chi connectivity index (χ1v) is 5.57. The van der Waals surface area contributed by atoms with Gasteiger partial charge in [0.2, 0.25) is 5.91 Å². The second-order valence-corrected chi connectivity index (χ2v) is 4.50. The van der Waals surface area contributed by atoms with Gasteiger partial charge in [0.25, 0.3) is 0 Å². The van der Waals surface area contributed by atoms with E-state index >= 15 is 0 Å². The minimum atomic E-state index is 0.218. The number of carbonyl (C=O) groups excluding carboxylic acids is 1. The van der Waals surface area contributed by atoms with Gasteiger partial charge in [-0.2, -0.15) is 5.10 Å². The minimum absolute atomic E-state index is 0.218. The van der Waals surface area contributed by atoms with Crippen molar-refractivity contribution in [2.24, 2.45) is 13.0 Å². The molecule has 1 saturated heterocycles. The van der Waals surface area contributed by atoms with Crippen molar-refractivity contribution in [2.45, 2.75) is 13.0 Å². The lowest BCUT2D eigenvalue weighted by atomic mass is 9.99. The zero-order chi connectivity index (χ0) is 11.5. The summed E-state index contributed by atoms with van der Waals surface area (Å²) in [6, 6.07) is 0. The third kappa shape index (κ3) is 2.61. The Kier molecular flexibility index (Phi) is 3.24. The monoisotopic (exact) mass is 222 g/mol. The SMILES string of the molecule is CN(Cc1cnn(C)c1)C(=O)CC1CNC1. The van der Waals surface area contributed by atoms with Crippen molar-refractivity contribution in [3.8, 4) is 0 Å². The average molecular weight is 222 g/mol. The van der Waals surface area contributed by atoms with E-state index in [-0.39, 0.29) is 5.91 Å². The molecular formula is C11H18N4O. The summed E-state index contributed by atoms with van der Waals surface area (Å²) < 4.78 is 1.75. The van der Waals surface area contributed by atoms with Crippen LogP contribution in [0.15, 0.2) is 12.4 Å². The Balaban J connectivity index is 1.82. The maximum Gasteiger partial charge on any atom is 0.222 e. The number of nitrogens with one attached hydrogen (secondary N) is 1. The van der Waals surface area contributed by atoms with E-state index in [1.165, 1.54) is 0 Å². The molecule has 1 amide bonds. The number of aryl methyl sites for hydroxylation is 1. The van der Waals surface area contributed by atoms with Gasteiger partial charge in [-0.3, -0.25) is 9.48 Å². The molecule has 88 valence electrons. The lowest BCUT2D eigenvalue weighted by molar-refractivity contribution is -0.131. The fraction of sp³-hybridized carbons (Fsp3) is 0.636. The molecule has 16 heavy (non-hydrogen) atoms. The van der Waals surface area contributed by atoms with E-state index in [4.69, 9.17) is 0 Å². The average Bonchev–Trinajstić information content (AvgIpc) is 2.57. The number of nitrogens with zero attached hydrogens (tertiary/aromatic N) is 3. The Morgan fingerprint density at radius 1 is 1.69 bits per heavy atom. The van der Waals surface area contributed by atoms with Crippen LogP contribution in [0.2, 0.25) is 0 Å². The Morgan fingerprint density at radius 2 is 2.44 bits per heavy atom. The first-order chi connectivity index (χ1) is 7.65. The number of amides is 1. The van der Waals surface area contributed by atoms with Crippen LogP contribution in [0, 0.1) is 5.92 Å². The third-order valence-electron chi connectivity index (χ3n) is 2.93. The number of rotatable bonds is 4. The largest absolute Gasteiger partial charge is 0.341 e. The van der Waals surface area contributed by atoms with Gasteiger partial charge in [-0.05, 0) is 19.0 Å². The molecule has 1 fully saturated rings. The molecule has 0 saturated carbocycles. The number of hydrogen-bond acceptors (Lipinski definition) is 3. The summed E-state index contributed by atoms with van der Waals surface area (Å²) in [4.78, 5) is 13.6. The van der Waals surface area contributed by atoms with Crippen molar-refractivity contribution < 1.29 is 4.79 Å². The molecule has 2 rings (SSSR count). The Labute approximate surface area is 95.4 Å². The van der Waals surface area contributed by atoms with Crippen LogP contribution in [0.4, 0.5) is 0 Å². The van der Waals surface area contributed by atoms with Crippen LogP contribution in [0.1, 0.15) is 12.0 Å². The van der Waals surface area contributed by atoms with Gasteiger partial charge < -0.3 is 10.2 Å². The molecule has 0 unspecified atom stereocenters. The van der Waals surface area contributed by atoms with Crippen LogP contribution in [-0.2, 0) is 18.4 Å². The second-order valence-electron chi connectivity index (χ2n) is 4.50. The van der Waals surface area contributed by atoms with Crippen molar-refractivity contribution in [3.63, 3.8) is 0 Å². The summed E-state index contributed by atoms with van der Waals surface area (Å²) in [6.07, 6.45) is 4.40. The van der Waals surface area contributed by atoms with Gasteiger partial charge in [-0.15, -0.1) is 0 Å². The molecule has 1 N–H and O–H groups in total. The first-order valence-electron chi connectivity index (χ1n) is 5.57. The van der Waals surface area contributed by atoms with Gasteiger partial charge in [0, 0.05) is 38.8 Å². The summed E-state index contributed by atoms with van der Waals surface area (Å²) in [6.45, 7) is 2.60. The van der Waals surface area contributed by atoms with E-state index in [0.717, 1.165) is 18.7 Å². The molecule has 0 spiro atoms. The summed E-state index contributed by atoms with van der Waals surface area (Å²) in [5, 5.41) is 7.26. The van der Waals surface area contributed by atoms with Crippen molar-refractivity contribution in [3.05, 3.63) is 18.0 Å². The summed E-state index contributed by atoms with van der Waals surface area (Å²) in [7, 11) is 3.73. The quantitative estimate of drug-likeness (QED) is 0.779. The van der Waals surface area contributed by atoms with Gasteiger partial charge in [0.1, 0.15) is 0 Å². The molecule has 1 aromatic heterocycles. The van der Waals surface area contributed by atoms with Crippen LogP contribution >= 0.6 is 0 Å². The predicted molar refractivity (Wildman–Crippen MR) is 60.7 cm³/mol. The fourth-order valence-corrected chi connectivity index (χ4v) is 1.81. The molecule has 5 nitrogen and oxygen atoms in total. The molecule has 1 aliphatic heterocycles. The summed E-state index contributed by atoms with van der Waals surface area (Å²) in [5.74, 6) is 0.749. The van der Waals surface area contributed by atoms with E-state index in [2.05, 4.69) is 10.4 Å². The highest BCUT2D eigenvalue weighted by molar-refractivity contribution is 5.76. The number of carbonyl (C=O) groups is 1. The molecule has 5 heteroatoms. The van der Waals surface area contributed by atoms with Crippen LogP contribution in [0.25, 0.3) is 0 Å². The van der Waals surface area contributed by atoms with E-state index < -0.39 is 0 Å². The molecule has 0 bridgehead atoms. The maximum atomic E-state index is 11.8. The topological polar surface area (TPSA) is 50.2 Å². The number of hydrogen-bond donors (Lipinski definition) is 1. The van der Waals surface area contributed by atoms with Crippen molar-refractivity contribution in [1.82, 2.24) is 20.0 Å². The standard InChI is InChI=1S/C11H18N4O/c1-14(7-10-6-13-15(2)8-10)11(16)3-9-4-12-5-9/h6,8-9,12H,3-5,7H2,1-2H3. The maximum absolute atomic E-state index is 11.8. The zero-order valence-electron chi connectivity index (χ0n) is 9.81. The van der Waals surface area contributed by atoms with E-state index in [0.29, 0.717) is 18.9 Å². The molecule has 0 aliphatic carbocycles. The molecule has 0 aromatic carbocycles. The Morgan fingerprint density at radius 3 is 2.94 bits per heavy atom. The lowest BCUT2D eigenvalue weighted by Crippen LogP contribution is -2.44. The molecule has 1 aliphatic rings. The van der Waals surface area contributed by atoms with Crippen LogP contribution in [-0.4, -0.2) is 40.7 Å². The van der Waals surface area contributed by atoms with Crippen LogP contribution in [0.3, 0.4) is 0 Å². The van der Waals surface area contributed by atoms with Gasteiger partial charge in [0.05, 0.1) is 6.20 Å². The molecule has 0 atom stereocenters. The highest BCUT2D eigenvalue weighted by Crippen LogP contribution is 2.11. The van der Waals surface area contributed by atoms with Crippen molar-refractivity contribution >= 4 is 5.91 Å². The van der Waals surface area contributed by atoms with Crippen LogP contribution < -0.4 is 5.32 Å². The summed E-state index contributed by atoms with van der Waals surface area (Å²) >= 11 is 0. The fourth-order valence-electron chi connectivity index (χ4n) is 1.81. The smallest absolute Gasteiger partial charge is 0.222 e. The normalized spacial score (nSPS) is 15.9. The second kappa shape index (κ2) is 4.65. The van der Waals surface area contributed by atoms with Gasteiger partial charge in [-0.1, -0.05) is 0 Å². The van der Waals surface area contributed by atoms with E-state index in [9.17, 15) is 4.79 Å². The van der Waals surface area contributed by atoms with Crippen LogP contribution in [0.5, 0.6) is 0 Å². The first kappa shape index (κ1) is 11.1.